The van der Waals surface area contributed by atoms with Crippen LogP contribution in [0.5, 0.6) is 0 Å². The second-order valence-corrected chi connectivity index (χ2v) is 4.97. The van der Waals surface area contributed by atoms with Crippen LogP contribution in [0.2, 0.25) is 5.02 Å². The Morgan fingerprint density at radius 3 is 2.68 bits per heavy atom. The summed E-state index contributed by atoms with van der Waals surface area (Å²) < 4.78 is 5.50. The summed E-state index contributed by atoms with van der Waals surface area (Å²) in [5, 5.41) is 4.32. The van der Waals surface area contributed by atoms with Crippen molar-refractivity contribution < 1.29 is 4.74 Å². The molecule has 0 radical (unpaired) electrons. The molecule has 0 heterocycles. The molecule has 0 aromatic heterocycles. The normalized spacial score (nSPS) is 12.3. The molecule has 1 aromatic rings. The minimum absolute atomic E-state index is 0.380. The first kappa shape index (κ1) is 16.2. The summed E-state index contributed by atoms with van der Waals surface area (Å²) in [7, 11) is 0. The van der Waals surface area contributed by atoms with Crippen molar-refractivity contribution >= 4 is 11.6 Å². The van der Waals surface area contributed by atoms with Gasteiger partial charge in [-0.05, 0) is 30.5 Å². The van der Waals surface area contributed by atoms with E-state index >= 15 is 0 Å². The van der Waals surface area contributed by atoms with Gasteiger partial charge in [0.1, 0.15) is 0 Å². The van der Waals surface area contributed by atoms with E-state index in [-0.39, 0.29) is 0 Å². The first-order valence-corrected chi connectivity index (χ1v) is 7.33. The van der Waals surface area contributed by atoms with Crippen molar-refractivity contribution in [2.75, 3.05) is 19.8 Å². The van der Waals surface area contributed by atoms with Crippen LogP contribution in [0.15, 0.2) is 36.9 Å². The first-order chi connectivity index (χ1) is 9.27. The summed E-state index contributed by atoms with van der Waals surface area (Å²) >= 11 is 5.92. The fourth-order valence-corrected chi connectivity index (χ4v) is 2.07. The van der Waals surface area contributed by atoms with E-state index in [2.05, 4.69) is 31.0 Å². The molecule has 0 amide bonds. The van der Waals surface area contributed by atoms with Gasteiger partial charge in [0.15, 0.2) is 0 Å². The summed E-state index contributed by atoms with van der Waals surface area (Å²) in [6.45, 7) is 8.23. The molecule has 3 heteroatoms. The lowest BCUT2D eigenvalue weighted by molar-refractivity contribution is 0.138. The van der Waals surface area contributed by atoms with E-state index < -0.39 is 0 Å². The lowest BCUT2D eigenvalue weighted by atomic mass is 10.0. The van der Waals surface area contributed by atoms with Gasteiger partial charge in [-0.15, -0.1) is 6.58 Å². The van der Waals surface area contributed by atoms with Crippen molar-refractivity contribution in [3.8, 4) is 0 Å². The molecular formula is C16H24ClNO. The van der Waals surface area contributed by atoms with E-state index in [1.807, 2.05) is 18.2 Å². The van der Waals surface area contributed by atoms with E-state index in [4.69, 9.17) is 16.3 Å². The van der Waals surface area contributed by atoms with Crippen LogP contribution in [0.1, 0.15) is 37.8 Å². The Bertz CT molecular complexity index is 350. The second kappa shape index (κ2) is 10.0. The SMILES string of the molecule is C=CCCOCCNC(CCC)c1ccc(Cl)cc1. The van der Waals surface area contributed by atoms with Crippen LogP contribution in [-0.2, 0) is 4.74 Å². The smallest absolute Gasteiger partial charge is 0.0591 e. The van der Waals surface area contributed by atoms with Gasteiger partial charge < -0.3 is 10.1 Å². The van der Waals surface area contributed by atoms with E-state index in [1.54, 1.807) is 0 Å². The average molecular weight is 282 g/mol. The number of halogens is 1. The molecule has 0 bridgehead atoms. The Morgan fingerprint density at radius 2 is 2.05 bits per heavy atom. The Kier molecular flexibility index (Phi) is 8.55. The van der Waals surface area contributed by atoms with Crippen LogP contribution < -0.4 is 5.32 Å². The number of hydrogen-bond acceptors (Lipinski definition) is 2. The summed E-state index contributed by atoms with van der Waals surface area (Å²) in [5.41, 5.74) is 1.29. The van der Waals surface area contributed by atoms with Gasteiger partial charge in [-0.3, -0.25) is 0 Å². The summed E-state index contributed by atoms with van der Waals surface area (Å²) in [4.78, 5) is 0. The number of rotatable bonds is 10. The molecule has 19 heavy (non-hydrogen) atoms. The monoisotopic (exact) mass is 281 g/mol. The molecule has 0 aliphatic carbocycles. The standard InChI is InChI=1S/C16H24ClNO/c1-3-5-12-19-13-11-18-16(6-4-2)14-7-9-15(17)10-8-14/h3,7-10,16,18H,1,4-6,11-13H2,2H3. The number of nitrogens with one attached hydrogen (secondary N) is 1. The molecule has 0 spiro atoms. The minimum Gasteiger partial charge on any atom is -0.380 e. The van der Waals surface area contributed by atoms with Crippen molar-refractivity contribution in [1.82, 2.24) is 5.32 Å². The summed E-state index contributed by atoms with van der Waals surface area (Å²) in [6, 6.07) is 8.46. The highest BCUT2D eigenvalue weighted by atomic mass is 35.5. The minimum atomic E-state index is 0.380. The quantitative estimate of drug-likeness (QED) is 0.508. The molecule has 0 saturated heterocycles. The highest BCUT2D eigenvalue weighted by Gasteiger charge is 2.09. The molecule has 106 valence electrons. The van der Waals surface area contributed by atoms with Gasteiger partial charge in [0, 0.05) is 17.6 Å². The maximum Gasteiger partial charge on any atom is 0.0591 e. The predicted molar refractivity (Wildman–Crippen MR) is 82.7 cm³/mol. The van der Waals surface area contributed by atoms with Crippen molar-refractivity contribution in [1.29, 1.82) is 0 Å². The number of hydrogen-bond donors (Lipinski definition) is 1. The number of ether oxygens (including phenoxy) is 1. The molecule has 0 saturated carbocycles. The van der Waals surface area contributed by atoms with E-state index in [0.717, 1.165) is 44.0 Å². The Morgan fingerprint density at radius 1 is 1.32 bits per heavy atom. The zero-order chi connectivity index (χ0) is 13.9. The van der Waals surface area contributed by atoms with Gasteiger partial charge in [-0.2, -0.15) is 0 Å². The third-order valence-electron chi connectivity index (χ3n) is 2.95. The first-order valence-electron chi connectivity index (χ1n) is 6.95. The van der Waals surface area contributed by atoms with E-state index in [9.17, 15) is 0 Å². The van der Waals surface area contributed by atoms with Gasteiger partial charge in [-0.1, -0.05) is 43.2 Å². The molecule has 2 nitrogen and oxygen atoms in total. The van der Waals surface area contributed by atoms with Crippen molar-refractivity contribution in [3.63, 3.8) is 0 Å². The molecule has 0 fully saturated rings. The largest absolute Gasteiger partial charge is 0.380 e. The third-order valence-corrected chi connectivity index (χ3v) is 3.21. The van der Waals surface area contributed by atoms with E-state index in [1.165, 1.54) is 5.56 Å². The Balaban J connectivity index is 2.36. The Hall–Kier alpha value is -0.830. The topological polar surface area (TPSA) is 21.3 Å². The molecular weight excluding hydrogens is 258 g/mol. The summed E-state index contributed by atoms with van der Waals surface area (Å²) in [6.07, 6.45) is 5.06. The second-order valence-electron chi connectivity index (χ2n) is 4.54. The van der Waals surface area contributed by atoms with Crippen LogP contribution >= 0.6 is 11.6 Å². The fourth-order valence-electron chi connectivity index (χ4n) is 1.94. The molecule has 0 aliphatic rings. The number of benzene rings is 1. The van der Waals surface area contributed by atoms with Gasteiger partial charge >= 0.3 is 0 Å². The van der Waals surface area contributed by atoms with Crippen molar-refractivity contribution in [2.24, 2.45) is 0 Å². The van der Waals surface area contributed by atoms with Gasteiger partial charge in [0.25, 0.3) is 0 Å². The molecule has 1 unspecified atom stereocenters. The van der Waals surface area contributed by atoms with E-state index in [0.29, 0.717) is 6.04 Å². The van der Waals surface area contributed by atoms with Crippen LogP contribution in [0.25, 0.3) is 0 Å². The van der Waals surface area contributed by atoms with Gasteiger partial charge in [0.05, 0.1) is 13.2 Å². The van der Waals surface area contributed by atoms with Gasteiger partial charge in [0.2, 0.25) is 0 Å². The van der Waals surface area contributed by atoms with Crippen LogP contribution in [0.3, 0.4) is 0 Å². The van der Waals surface area contributed by atoms with Crippen LogP contribution in [-0.4, -0.2) is 19.8 Å². The lowest BCUT2D eigenvalue weighted by Gasteiger charge is -2.18. The molecule has 1 atom stereocenters. The molecule has 1 N–H and O–H groups in total. The van der Waals surface area contributed by atoms with Crippen LogP contribution in [0.4, 0.5) is 0 Å². The van der Waals surface area contributed by atoms with Crippen molar-refractivity contribution in [3.05, 3.63) is 47.5 Å². The predicted octanol–water partition coefficient (Wildman–Crippen LogP) is 4.36. The highest BCUT2D eigenvalue weighted by molar-refractivity contribution is 6.30. The lowest BCUT2D eigenvalue weighted by Crippen LogP contribution is -2.25. The fraction of sp³-hybridized carbons (Fsp3) is 0.500. The van der Waals surface area contributed by atoms with Gasteiger partial charge in [-0.25, -0.2) is 0 Å². The summed E-state index contributed by atoms with van der Waals surface area (Å²) in [5.74, 6) is 0. The van der Waals surface area contributed by atoms with Crippen molar-refractivity contribution in [2.45, 2.75) is 32.2 Å². The van der Waals surface area contributed by atoms with Crippen LogP contribution in [0, 0.1) is 0 Å². The molecule has 1 rings (SSSR count). The maximum absolute atomic E-state index is 5.92. The molecule has 0 aliphatic heterocycles. The zero-order valence-corrected chi connectivity index (χ0v) is 12.5. The Labute approximate surface area is 121 Å². The average Bonchev–Trinajstić information content (AvgIpc) is 2.42. The zero-order valence-electron chi connectivity index (χ0n) is 11.7. The maximum atomic E-state index is 5.92. The molecule has 1 aromatic carbocycles. The highest BCUT2D eigenvalue weighted by Crippen LogP contribution is 2.20. The third kappa shape index (κ3) is 6.76.